The van der Waals surface area contributed by atoms with E-state index in [1.807, 2.05) is 0 Å². The van der Waals surface area contributed by atoms with Gasteiger partial charge in [-0.25, -0.2) is 23.2 Å². The molecule has 3 rings (SSSR count). The Labute approximate surface area is 167 Å². The van der Waals surface area contributed by atoms with Gasteiger partial charge in [-0.1, -0.05) is 6.07 Å². The number of carbonyl (C=O) groups excluding carboxylic acids is 1. The summed E-state index contributed by atoms with van der Waals surface area (Å²) in [7, 11) is -4.60. The van der Waals surface area contributed by atoms with E-state index in [9.17, 15) is 31.9 Å². The molecule has 0 aliphatic carbocycles. The van der Waals surface area contributed by atoms with Gasteiger partial charge in [0.25, 0.3) is 10.1 Å². The summed E-state index contributed by atoms with van der Waals surface area (Å²) >= 11 is 0. The number of para-hydroxylation sites is 1. The molecule has 10 nitrogen and oxygen atoms in total. The van der Waals surface area contributed by atoms with Crippen molar-refractivity contribution in [1.29, 1.82) is 0 Å². The molecule has 0 aliphatic rings. The number of carboxylic acid groups (broad SMARTS) is 1. The molecule has 158 valence electrons. The number of Topliss-reactive ketones (excluding diaryl/α,β-unsaturated/α-hetero) is 1. The number of rotatable bonds is 5. The molecule has 0 radical (unpaired) electrons. The minimum absolute atomic E-state index is 0.122. The number of benzene rings is 2. The summed E-state index contributed by atoms with van der Waals surface area (Å²) in [5, 5.41) is 21.4. The van der Waals surface area contributed by atoms with Crippen molar-refractivity contribution >= 4 is 21.9 Å². The number of aromatic nitrogens is 3. The van der Waals surface area contributed by atoms with E-state index >= 15 is 0 Å². The van der Waals surface area contributed by atoms with Gasteiger partial charge in [-0.3, -0.25) is 9.35 Å². The molecule has 0 bridgehead atoms. The van der Waals surface area contributed by atoms with Crippen LogP contribution in [-0.2, 0) is 16.7 Å². The van der Waals surface area contributed by atoms with Gasteiger partial charge in [-0.05, 0) is 24.3 Å². The molecule has 2 aromatic carbocycles. The summed E-state index contributed by atoms with van der Waals surface area (Å²) in [5.41, 5.74) is -0.739. The molecular weight excluding hydrogens is 428 g/mol. The molecule has 0 atom stereocenters. The maximum Gasteiger partial charge on any atom is 0.339 e. The van der Waals surface area contributed by atoms with Crippen molar-refractivity contribution in [1.82, 2.24) is 14.8 Å². The second-order valence-corrected chi connectivity index (χ2v) is 6.96. The number of carboxylic acids is 1. The summed E-state index contributed by atoms with van der Waals surface area (Å²) in [6, 6.07) is 5.85. The third-order valence-electron chi connectivity index (χ3n) is 3.51. The molecule has 3 aromatic rings. The van der Waals surface area contributed by atoms with Crippen molar-refractivity contribution in [3.63, 3.8) is 0 Å². The van der Waals surface area contributed by atoms with Gasteiger partial charge in [0.05, 0.1) is 5.56 Å². The maximum absolute atomic E-state index is 13.2. The molecule has 0 saturated heterocycles. The van der Waals surface area contributed by atoms with Gasteiger partial charge in [-0.15, -0.1) is 0 Å². The van der Waals surface area contributed by atoms with Crippen LogP contribution >= 0.6 is 0 Å². The lowest BCUT2D eigenvalue weighted by Gasteiger charge is -2.03. The molecule has 0 aliphatic heterocycles. The Bertz CT molecular complexity index is 1180. The number of nitrogens with zero attached hydrogens (tertiary/aromatic N) is 3. The lowest BCUT2D eigenvalue weighted by molar-refractivity contribution is 0.0693. The number of hydrogen-bond donors (Lipinski definition) is 3. The van der Waals surface area contributed by atoms with E-state index in [0.717, 1.165) is 30.3 Å². The Kier molecular flexibility index (Phi) is 6.92. The smallest absolute Gasteiger partial charge is 0.339 e. The zero-order valence-electron chi connectivity index (χ0n) is 14.8. The van der Waals surface area contributed by atoms with E-state index in [0.29, 0.717) is 6.07 Å². The van der Waals surface area contributed by atoms with Gasteiger partial charge in [0.1, 0.15) is 41.3 Å². The Hall–Kier alpha value is -3.71. The van der Waals surface area contributed by atoms with Crippen molar-refractivity contribution < 1.29 is 41.6 Å². The van der Waals surface area contributed by atoms with Gasteiger partial charge < -0.3 is 10.2 Å². The van der Waals surface area contributed by atoms with Crippen LogP contribution in [0, 0.1) is 11.6 Å². The highest BCUT2D eigenvalue weighted by Gasteiger charge is 2.20. The molecule has 0 fully saturated rings. The highest BCUT2D eigenvalue weighted by molar-refractivity contribution is 7.86. The lowest BCUT2D eigenvalue weighted by Crippen LogP contribution is -2.12. The SMILES string of the molecule is O=C(Cn1cncn1)c1ccc(F)cc1F.O=C(O)c1cccc(S(=O)(=O)O)c1O. The fourth-order valence-electron chi connectivity index (χ4n) is 2.17. The van der Waals surface area contributed by atoms with Crippen LogP contribution in [0.15, 0.2) is 53.9 Å². The minimum Gasteiger partial charge on any atom is -0.506 e. The highest BCUT2D eigenvalue weighted by atomic mass is 32.2. The van der Waals surface area contributed by atoms with E-state index in [4.69, 9.17) is 9.66 Å². The summed E-state index contributed by atoms with van der Waals surface area (Å²) in [6.07, 6.45) is 2.62. The predicted molar refractivity (Wildman–Crippen MR) is 95.6 cm³/mol. The van der Waals surface area contributed by atoms with Gasteiger partial charge in [-0.2, -0.15) is 13.5 Å². The first kappa shape index (κ1) is 22.6. The quantitative estimate of drug-likeness (QED) is 0.396. The summed E-state index contributed by atoms with van der Waals surface area (Å²) in [4.78, 5) is 24.9. The second-order valence-electron chi connectivity index (χ2n) is 5.57. The van der Waals surface area contributed by atoms with Gasteiger partial charge >= 0.3 is 5.97 Å². The summed E-state index contributed by atoms with van der Waals surface area (Å²) in [6.45, 7) is -0.122. The molecule has 30 heavy (non-hydrogen) atoms. The van der Waals surface area contributed by atoms with E-state index in [1.165, 1.54) is 17.3 Å². The molecule has 0 saturated carbocycles. The third-order valence-corrected chi connectivity index (χ3v) is 4.40. The molecular formula is C17H13F2N3O7S. The van der Waals surface area contributed by atoms with Gasteiger partial charge in [0.2, 0.25) is 0 Å². The van der Waals surface area contributed by atoms with Crippen LogP contribution in [-0.4, -0.2) is 49.7 Å². The molecule has 3 N–H and O–H groups in total. The first-order chi connectivity index (χ1) is 14.0. The molecule has 13 heteroatoms. The van der Waals surface area contributed by atoms with Gasteiger partial charge in [0.15, 0.2) is 11.5 Å². The number of aromatic carboxylic acids is 1. The molecule has 0 amide bonds. The Morgan fingerprint density at radius 1 is 1.10 bits per heavy atom. The number of ketones is 1. The Balaban J connectivity index is 0.000000216. The van der Waals surface area contributed by atoms with E-state index in [-0.39, 0.29) is 12.1 Å². The maximum atomic E-state index is 13.2. The Morgan fingerprint density at radius 3 is 2.33 bits per heavy atom. The Morgan fingerprint density at radius 2 is 1.80 bits per heavy atom. The zero-order chi connectivity index (χ0) is 22.5. The van der Waals surface area contributed by atoms with Crippen molar-refractivity contribution in [3.8, 4) is 5.75 Å². The van der Waals surface area contributed by atoms with E-state index < -0.39 is 49.7 Å². The largest absolute Gasteiger partial charge is 0.506 e. The lowest BCUT2D eigenvalue weighted by atomic mass is 10.1. The third kappa shape index (κ3) is 5.65. The standard InChI is InChI=1S/C10H7F2N3O.C7H6O6S/c11-7-1-2-8(9(12)3-7)10(16)4-15-6-13-5-14-15;8-6-4(7(9)10)2-1-3-5(6)14(11,12)13/h1-3,5-6H,4H2;1-3,8H,(H,9,10)(H,11,12,13). The first-order valence-corrected chi connectivity index (χ1v) is 9.28. The van der Waals surface area contributed by atoms with E-state index in [2.05, 4.69) is 10.1 Å². The van der Waals surface area contributed by atoms with Crippen LogP contribution in [0.5, 0.6) is 5.75 Å². The van der Waals surface area contributed by atoms with Crippen molar-refractivity contribution in [2.24, 2.45) is 0 Å². The number of phenols is 1. The number of hydrogen-bond acceptors (Lipinski definition) is 7. The molecule has 0 spiro atoms. The van der Waals surface area contributed by atoms with Crippen LogP contribution in [0.1, 0.15) is 20.7 Å². The predicted octanol–water partition coefficient (Wildman–Crippen LogP) is 1.78. The molecule has 1 heterocycles. The fraction of sp³-hybridized carbons (Fsp3) is 0.0588. The first-order valence-electron chi connectivity index (χ1n) is 7.84. The topological polar surface area (TPSA) is 160 Å². The zero-order valence-corrected chi connectivity index (χ0v) is 15.6. The van der Waals surface area contributed by atoms with Crippen molar-refractivity contribution in [2.45, 2.75) is 11.4 Å². The molecule has 0 unspecified atom stereocenters. The average molecular weight is 441 g/mol. The van der Waals surface area contributed by atoms with Crippen LogP contribution in [0.4, 0.5) is 8.78 Å². The number of halogens is 2. The summed E-state index contributed by atoms with van der Waals surface area (Å²) in [5.74, 6) is -4.52. The average Bonchev–Trinajstić information content (AvgIpc) is 3.14. The normalized spacial score (nSPS) is 10.8. The van der Waals surface area contributed by atoms with Crippen LogP contribution in [0.3, 0.4) is 0 Å². The van der Waals surface area contributed by atoms with Crippen LogP contribution in [0.2, 0.25) is 0 Å². The van der Waals surface area contributed by atoms with E-state index in [1.54, 1.807) is 0 Å². The fourth-order valence-corrected chi connectivity index (χ4v) is 2.77. The van der Waals surface area contributed by atoms with Gasteiger partial charge in [0, 0.05) is 6.07 Å². The number of carbonyl (C=O) groups is 2. The van der Waals surface area contributed by atoms with Crippen LogP contribution in [0.25, 0.3) is 0 Å². The minimum atomic E-state index is -4.60. The van der Waals surface area contributed by atoms with Crippen LogP contribution < -0.4 is 0 Å². The van der Waals surface area contributed by atoms with Crippen molar-refractivity contribution in [2.75, 3.05) is 0 Å². The summed E-state index contributed by atoms with van der Waals surface area (Å²) < 4.78 is 57.0. The highest BCUT2D eigenvalue weighted by Crippen LogP contribution is 2.26. The monoisotopic (exact) mass is 441 g/mol. The molecule has 1 aromatic heterocycles. The van der Waals surface area contributed by atoms with Crippen molar-refractivity contribution in [3.05, 3.63) is 71.8 Å². The second kappa shape index (κ2) is 9.19. The number of aromatic hydroxyl groups is 1.